The number of fused-ring (bicyclic) bond motifs is 4. The van der Waals surface area contributed by atoms with Crippen LogP contribution in [0, 0.1) is 32.2 Å². The molecule has 1 heterocycles. The van der Waals surface area contributed by atoms with Gasteiger partial charge in [0, 0.05) is 27.7 Å². The highest BCUT2D eigenvalue weighted by Gasteiger charge is 2.67. The van der Waals surface area contributed by atoms with Crippen molar-refractivity contribution >= 4 is 39.2 Å². The average Bonchev–Trinajstić information content (AvgIpc) is 3.43. The molecule has 5 aliphatic rings. The van der Waals surface area contributed by atoms with Gasteiger partial charge in [-0.15, -0.1) is 0 Å². The Hall–Kier alpha value is -0.546. The Morgan fingerprint density at radius 1 is 0.927 bits per heavy atom. The molecule has 224 valence electrons. The molecular formula is C33H48INO4Si2. The van der Waals surface area contributed by atoms with Crippen LogP contribution >= 0.6 is 22.6 Å². The van der Waals surface area contributed by atoms with Crippen molar-refractivity contribution in [3.63, 3.8) is 0 Å². The van der Waals surface area contributed by atoms with Crippen LogP contribution in [0.1, 0.15) is 69.8 Å². The maximum Gasteiger partial charge on any atom is 0.185 e. The third-order valence-electron chi connectivity index (χ3n) is 10.8. The molecule has 5 nitrogen and oxygen atoms in total. The van der Waals surface area contributed by atoms with Crippen molar-refractivity contribution in [1.29, 1.82) is 5.26 Å². The highest BCUT2D eigenvalue weighted by molar-refractivity contribution is 14.1. The van der Waals surface area contributed by atoms with Gasteiger partial charge in [-0.25, -0.2) is 0 Å². The molecule has 6 rings (SSSR count). The standard InChI is InChI=1S/C33H48INO4Si2/c1-30-20-26(23-8-10-24(34)11-9-23)29-25(27(30)13-16-32(30,22-35)39-41(5,6)7)12-15-31(38-40(2,3)4)21-33(17-14-28(29)31)36-18-19-37-33/h8-11,25-27H,12-21H2,1-7H3/t25-,26?,27-,30-,31+,32-/m0/s1. The van der Waals surface area contributed by atoms with Crippen LogP contribution < -0.4 is 0 Å². The highest BCUT2D eigenvalue weighted by Crippen LogP contribution is 2.69. The van der Waals surface area contributed by atoms with Crippen LogP contribution in [-0.4, -0.2) is 46.8 Å². The van der Waals surface area contributed by atoms with Gasteiger partial charge in [0.2, 0.25) is 0 Å². The lowest BCUT2D eigenvalue weighted by atomic mass is 9.50. The zero-order valence-corrected chi connectivity index (χ0v) is 30.2. The normalized spacial score (nSPS) is 38.4. The summed E-state index contributed by atoms with van der Waals surface area (Å²) in [6.07, 6.45) is 7.63. The Balaban J connectivity index is 1.53. The second-order valence-electron chi connectivity index (χ2n) is 15.6. The fourth-order valence-electron chi connectivity index (χ4n) is 9.60. The molecule has 1 aromatic carbocycles. The van der Waals surface area contributed by atoms with Crippen LogP contribution in [0.3, 0.4) is 0 Å². The zero-order chi connectivity index (χ0) is 29.5. The predicted octanol–water partition coefficient (Wildman–Crippen LogP) is 8.53. The molecule has 1 spiro atoms. The van der Waals surface area contributed by atoms with Crippen LogP contribution in [0.15, 0.2) is 35.4 Å². The molecule has 0 amide bonds. The van der Waals surface area contributed by atoms with Crippen LogP contribution in [0.4, 0.5) is 0 Å². The van der Waals surface area contributed by atoms with Crippen LogP contribution in [0.2, 0.25) is 39.3 Å². The van der Waals surface area contributed by atoms with Gasteiger partial charge in [-0.1, -0.05) is 24.6 Å². The molecule has 1 unspecified atom stereocenters. The van der Waals surface area contributed by atoms with E-state index in [4.69, 9.17) is 18.3 Å². The van der Waals surface area contributed by atoms with Gasteiger partial charge >= 0.3 is 0 Å². The van der Waals surface area contributed by atoms with E-state index in [1.807, 2.05) is 0 Å². The Kier molecular flexibility index (Phi) is 7.62. The van der Waals surface area contributed by atoms with E-state index in [9.17, 15) is 5.26 Å². The minimum absolute atomic E-state index is 0.197. The molecule has 8 heteroatoms. The second-order valence-corrected chi connectivity index (χ2v) is 25.7. The first kappa shape index (κ1) is 30.5. The summed E-state index contributed by atoms with van der Waals surface area (Å²) in [5.41, 5.74) is 3.32. The largest absolute Gasteiger partial charge is 0.408 e. The van der Waals surface area contributed by atoms with Gasteiger partial charge in [-0.3, -0.25) is 0 Å². The number of halogens is 1. The van der Waals surface area contributed by atoms with E-state index in [1.165, 1.54) is 9.13 Å². The topological polar surface area (TPSA) is 60.7 Å². The minimum Gasteiger partial charge on any atom is -0.408 e. The molecule has 0 N–H and O–H groups in total. The SMILES string of the molecule is C[C@]12CC(c3ccc(I)cc3)C3=C4CCC5(C[C@]4(O[Si](C)(C)C)CC[C@H]3[C@@H]1CC[C@@]2(C#N)O[Si](C)(C)C)OCCO5. The van der Waals surface area contributed by atoms with E-state index in [-0.39, 0.29) is 16.9 Å². The summed E-state index contributed by atoms with van der Waals surface area (Å²) < 4.78 is 28.2. The summed E-state index contributed by atoms with van der Waals surface area (Å²) in [6, 6.07) is 12.0. The fraction of sp³-hybridized carbons (Fsp3) is 0.727. The number of hydrogen-bond donors (Lipinski definition) is 0. The lowest BCUT2D eigenvalue weighted by Gasteiger charge is -2.59. The smallest absolute Gasteiger partial charge is 0.185 e. The minimum atomic E-state index is -1.96. The number of hydrogen-bond acceptors (Lipinski definition) is 5. The van der Waals surface area contributed by atoms with Crippen molar-refractivity contribution in [3.8, 4) is 6.07 Å². The summed E-state index contributed by atoms with van der Waals surface area (Å²) in [4.78, 5) is 0. The molecule has 4 fully saturated rings. The Bertz CT molecular complexity index is 1260. The van der Waals surface area contributed by atoms with E-state index in [1.54, 1.807) is 11.1 Å². The van der Waals surface area contributed by atoms with Gasteiger partial charge in [0.25, 0.3) is 0 Å². The molecule has 1 aliphatic heterocycles. The predicted molar refractivity (Wildman–Crippen MR) is 176 cm³/mol. The van der Waals surface area contributed by atoms with Gasteiger partial charge in [0.1, 0.15) is 5.60 Å². The van der Waals surface area contributed by atoms with Crippen molar-refractivity contribution in [2.45, 2.75) is 120 Å². The van der Waals surface area contributed by atoms with E-state index in [0.717, 1.165) is 51.4 Å². The van der Waals surface area contributed by atoms with Crippen LogP contribution in [0.25, 0.3) is 0 Å². The molecule has 6 atom stereocenters. The van der Waals surface area contributed by atoms with E-state index < -0.39 is 28.0 Å². The van der Waals surface area contributed by atoms with Gasteiger partial charge < -0.3 is 18.3 Å². The number of rotatable bonds is 5. The molecular weight excluding hydrogens is 657 g/mol. The lowest BCUT2D eigenvalue weighted by molar-refractivity contribution is -0.205. The Morgan fingerprint density at radius 3 is 2.20 bits per heavy atom. The maximum absolute atomic E-state index is 10.8. The maximum atomic E-state index is 10.8. The first-order chi connectivity index (χ1) is 19.1. The number of allylic oxidation sites excluding steroid dienone is 1. The van der Waals surface area contributed by atoms with E-state index in [0.29, 0.717) is 25.0 Å². The monoisotopic (exact) mass is 705 g/mol. The van der Waals surface area contributed by atoms with Crippen LogP contribution in [0.5, 0.6) is 0 Å². The average molecular weight is 706 g/mol. The molecule has 0 bridgehead atoms. The van der Waals surface area contributed by atoms with Crippen LogP contribution in [-0.2, 0) is 18.3 Å². The highest BCUT2D eigenvalue weighted by atomic mass is 127. The van der Waals surface area contributed by atoms with Crippen molar-refractivity contribution in [2.24, 2.45) is 17.3 Å². The molecule has 1 saturated heterocycles. The molecule has 4 aliphatic carbocycles. The van der Waals surface area contributed by atoms with Gasteiger partial charge in [-0.2, -0.15) is 5.26 Å². The number of ether oxygens (including phenoxy) is 2. The van der Waals surface area contributed by atoms with E-state index in [2.05, 4.69) is 99.1 Å². The lowest BCUT2D eigenvalue weighted by Crippen LogP contribution is -2.59. The van der Waals surface area contributed by atoms with Gasteiger partial charge in [0.05, 0.1) is 24.9 Å². The number of nitriles is 1. The zero-order valence-electron chi connectivity index (χ0n) is 26.1. The van der Waals surface area contributed by atoms with Crippen molar-refractivity contribution in [3.05, 3.63) is 44.5 Å². The van der Waals surface area contributed by atoms with Crippen molar-refractivity contribution in [2.75, 3.05) is 13.2 Å². The fourth-order valence-corrected chi connectivity index (χ4v) is 12.9. The third-order valence-corrected chi connectivity index (χ3v) is 13.4. The van der Waals surface area contributed by atoms with Gasteiger partial charge in [0.15, 0.2) is 22.4 Å². The first-order valence-electron chi connectivity index (χ1n) is 15.7. The quantitative estimate of drug-likeness (QED) is 0.175. The molecule has 0 aromatic heterocycles. The summed E-state index contributed by atoms with van der Waals surface area (Å²) in [7, 11) is -3.85. The number of nitrogens with zero attached hydrogens (tertiary/aromatic N) is 1. The summed E-state index contributed by atoms with van der Waals surface area (Å²) in [6.45, 7) is 17.5. The summed E-state index contributed by atoms with van der Waals surface area (Å²) in [5.74, 6) is 0.646. The van der Waals surface area contributed by atoms with E-state index >= 15 is 0 Å². The number of benzene rings is 1. The molecule has 3 saturated carbocycles. The molecule has 1 aromatic rings. The van der Waals surface area contributed by atoms with Gasteiger partial charge in [-0.05, 0) is 136 Å². The third kappa shape index (κ3) is 5.17. The second kappa shape index (κ2) is 10.2. The molecule has 41 heavy (non-hydrogen) atoms. The van der Waals surface area contributed by atoms with Crippen molar-refractivity contribution in [1.82, 2.24) is 0 Å². The summed E-state index contributed by atoms with van der Waals surface area (Å²) >= 11 is 2.41. The Morgan fingerprint density at radius 2 is 1.59 bits per heavy atom. The molecule has 0 radical (unpaired) electrons. The van der Waals surface area contributed by atoms with Crippen molar-refractivity contribution < 1.29 is 18.3 Å². The Labute approximate surface area is 263 Å². The first-order valence-corrected chi connectivity index (χ1v) is 23.6. The summed E-state index contributed by atoms with van der Waals surface area (Å²) in [5, 5.41) is 10.8.